The molecule has 0 saturated carbocycles. The van der Waals surface area contributed by atoms with E-state index >= 15 is 0 Å². The molecule has 19 heavy (non-hydrogen) atoms. The first-order valence-corrected chi connectivity index (χ1v) is 6.24. The Balaban J connectivity index is 2.34. The van der Waals surface area contributed by atoms with Crippen LogP contribution >= 0.6 is 0 Å². The number of benzene rings is 1. The molecule has 0 bridgehead atoms. The third-order valence-electron chi connectivity index (χ3n) is 3.31. The zero-order valence-corrected chi connectivity index (χ0v) is 10.8. The van der Waals surface area contributed by atoms with Gasteiger partial charge in [0.2, 0.25) is 0 Å². The summed E-state index contributed by atoms with van der Waals surface area (Å²) in [7, 11) is 0. The van der Waals surface area contributed by atoms with Crippen molar-refractivity contribution in [3.05, 3.63) is 29.3 Å². The number of nitrogens with two attached hydrogens (primary N) is 1. The minimum atomic E-state index is -0.633. The molecular weight excluding hydrogens is 254 g/mol. The molecule has 4 nitrogen and oxygen atoms in total. The molecule has 1 aromatic carbocycles. The largest absolute Gasteiger partial charge is 0.394 e. The number of halogens is 2. The van der Waals surface area contributed by atoms with Crippen molar-refractivity contribution in [1.82, 2.24) is 0 Å². The molecule has 1 aliphatic rings. The fourth-order valence-corrected chi connectivity index (χ4v) is 2.25. The van der Waals surface area contributed by atoms with Crippen molar-refractivity contribution >= 4 is 5.69 Å². The topological polar surface area (TPSA) is 58.7 Å². The average molecular weight is 272 g/mol. The summed E-state index contributed by atoms with van der Waals surface area (Å²) in [5.41, 5.74) is 5.72. The van der Waals surface area contributed by atoms with Crippen LogP contribution in [0.25, 0.3) is 0 Å². The first-order valence-electron chi connectivity index (χ1n) is 6.24. The predicted octanol–water partition coefficient (Wildman–Crippen LogP) is 1.01. The van der Waals surface area contributed by atoms with E-state index < -0.39 is 17.7 Å². The van der Waals surface area contributed by atoms with E-state index in [9.17, 15) is 8.78 Å². The van der Waals surface area contributed by atoms with Gasteiger partial charge >= 0.3 is 0 Å². The Bertz CT molecular complexity index is 433. The first kappa shape index (κ1) is 14.2. The molecule has 1 saturated heterocycles. The van der Waals surface area contributed by atoms with E-state index in [1.165, 1.54) is 12.1 Å². The molecule has 2 rings (SSSR count). The highest BCUT2D eigenvalue weighted by molar-refractivity contribution is 5.52. The van der Waals surface area contributed by atoms with Crippen molar-refractivity contribution in [2.24, 2.45) is 5.73 Å². The van der Waals surface area contributed by atoms with Crippen molar-refractivity contribution in [3.8, 4) is 0 Å². The highest BCUT2D eigenvalue weighted by Gasteiger charge is 2.29. The van der Waals surface area contributed by atoms with E-state index in [0.717, 1.165) is 0 Å². The second-order valence-electron chi connectivity index (χ2n) is 4.75. The van der Waals surface area contributed by atoms with Gasteiger partial charge in [0, 0.05) is 19.1 Å². The van der Waals surface area contributed by atoms with Gasteiger partial charge in [-0.25, -0.2) is 8.78 Å². The van der Waals surface area contributed by atoms with Crippen molar-refractivity contribution in [1.29, 1.82) is 0 Å². The lowest BCUT2D eigenvalue weighted by molar-refractivity contribution is -0.0107. The lowest BCUT2D eigenvalue weighted by atomic mass is 10.1. The van der Waals surface area contributed by atoms with Crippen LogP contribution in [0.15, 0.2) is 12.1 Å². The molecule has 2 unspecified atom stereocenters. The summed E-state index contributed by atoms with van der Waals surface area (Å²) in [4.78, 5) is 1.59. The smallest absolute Gasteiger partial charge is 0.149 e. The third kappa shape index (κ3) is 2.86. The molecule has 2 atom stereocenters. The van der Waals surface area contributed by atoms with E-state index in [2.05, 4.69) is 0 Å². The van der Waals surface area contributed by atoms with Gasteiger partial charge in [0.25, 0.3) is 0 Å². The van der Waals surface area contributed by atoms with Crippen LogP contribution in [0.1, 0.15) is 12.5 Å². The van der Waals surface area contributed by atoms with Crippen LogP contribution in [0.3, 0.4) is 0 Å². The number of morpholine rings is 1. The molecule has 1 aliphatic heterocycles. The Hall–Kier alpha value is -1.24. The molecule has 0 aromatic heterocycles. The third-order valence-corrected chi connectivity index (χ3v) is 3.31. The Morgan fingerprint density at radius 1 is 1.42 bits per heavy atom. The van der Waals surface area contributed by atoms with Crippen molar-refractivity contribution in [2.45, 2.75) is 25.6 Å². The van der Waals surface area contributed by atoms with E-state index in [1.807, 2.05) is 6.92 Å². The van der Waals surface area contributed by atoms with Gasteiger partial charge in [0.1, 0.15) is 17.3 Å². The van der Waals surface area contributed by atoms with Gasteiger partial charge in [-0.1, -0.05) is 0 Å². The lowest BCUT2D eigenvalue weighted by Gasteiger charge is -2.39. The minimum Gasteiger partial charge on any atom is -0.394 e. The zero-order chi connectivity index (χ0) is 14.0. The molecular formula is C13H18F2N2O2. The molecule has 1 heterocycles. The number of rotatable bonds is 3. The number of nitrogens with zero attached hydrogens (tertiary/aromatic N) is 1. The Morgan fingerprint density at radius 2 is 2.05 bits per heavy atom. The van der Waals surface area contributed by atoms with E-state index in [1.54, 1.807) is 4.90 Å². The summed E-state index contributed by atoms with van der Waals surface area (Å²) in [6.07, 6.45) is -0.427. The van der Waals surface area contributed by atoms with E-state index in [0.29, 0.717) is 12.2 Å². The number of hydrogen-bond acceptors (Lipinski definition) is 4. The fraction of sp³-hybridized carbons (Fsp3) is 0.538. The van der Waals surface area contributed by atoms with Gasteiger partial charge in [0.05, 0.1) is 19.3 Å². The van der Waals surface area contributed by atoms with Crippen LogP contribution in [0, 0.1) is 11.6 Å². The summed E-state index contributed by atoms with van der Waals surface area (Å²) < 4.78 is 33.5. The van der Waals surface area contributed by atoms with Crippen molar-refractivity contribution in [2.75, 3.05) is 24.7 Å². The van der Waals surface area contributed by atoms with E-state index in [-0.39, 0.29) is 31.4 Å². The van der Waals surface area contributed by atoms with Crippen LogP contribution in [0.2, 0.25) is 0 Å². The molecule has 106 valence electrons. The molecule has 0 radical (unpaired) electrons. The number of aliphatic hydroxyl groups is 1. The second kappa shape index (κ2) is 5.81. The molecule has 0 spiro atoms. The number of ether oxygens (including phenoxy) is 1. The van der Waals surface area contributed by atoms with Gasteiger partial charge < -0.3 is 20.5 Å². The Kier molecular flexibility index (Phi) is 4.34. The second-order valence-corrected chi connectivity index (χ2v) is 4.75. The summed E-state index contributed by atoms with van der Waals surface area (Å²) >= 11 is 0. The van der Waals surface area contributed by atoms with Crippen molar-refractivity contribution in [3.63, 3.8) is 0 Å². The van der Waals surface area contributed by atoms with Crippen molar-refractivity contribution < 1.29 is 18.6 Å². The Labute approximate surface area is 110 Å². The van der Waals surface area contributed by atoms with E-state index in [4.69, 9.17) is 15.6 Å². The minimum absolute atomic E-state index is 0.0774. The van der Waals surface area contributed by atoms with Crippen LogP contribution in [-0.2, 0) is 11.3 Å². The van der Waals surface area contributed by atoms with Gasteiger partial charge in [-0.05, 0) is 24.6 Å². The summed E-state index contributed by atoms with van der Waals surface area (Å²) in [5, 5.41) is 9.11. The number of hydrogen-bond donors (Lipinski definition) is 2. The average Bonchev–Trinajstić information content (AvgIpc) is 2.39. The molecule has 3 N–H and O–H groups in total. The highest BCUT2D eigenvalue weighted by atomic mass is 19.1. The van der Waals surface area contributed by atoms with Crippen LogP contribution in [0.4, 0.5) is 14.5 Å². The van der Waals surface area contributed by atoms with Crippen LogP contribution < -0.4 is 10.6 Å². The first-order chi connectivity index (χ1) is 9.06. The summed E-state index contributed by atoms with van der Waals surface area (Å²) in [5.74, 6) is -1.27. The zero-order valence-electron chi connectivity index (χ0n) is 10.8. The maximum Gasteiger partial charge on any atom is 0.149 e. The number of aliphatic hydroxyl groups excluding tert-OH is 1. The molecule has 6 heteroatoms. The monoisotopic (exact) mass is 272 g/mol. The quantitative estimate of drug-likeness (QED) is 0.862. The summed E-state index contributed by atoms with van der Waals surface area (Å²) in [6, 6.07) is 2.33. The SMILES string of the molecule is CC1COC(CO)CN1c1c(F)cc(CN)cc1F. The predicted molar refractivity (Wildman–Crippen MR) is 67.9 cm³/mol. The maximum atomic E-state index is 14.0. The summed E-state index contributed by atoms with van der Waals surface area (Å²) in [6.45, 7) is 2.32. The van der Waals surface area contributed by atoms with Crippen LogP contribution in [0.5, 0.6) is 0 Å². The Morgan fingerprint density at radius 3 is 2.58 bits per heavy atom. The molecule has 0 amide bonds. The standard InChI is InChI=1S/C13H18F2N2O2/c1-8-7-19-10(6-18)5-17(8)13-11(14)2-9(4-16)3-12(13)15/h2-3,8,10,18H,4-7,16H2,1H3. The molecule has 1 fully saturated rings. The highest BCUT2D eigenvalue weighted by Crippen LogP contribution is 2.29. The van der Waals surface area contributed by atoms with Gasteiger partial charge in [-0.3, -0.25) is 0 Å². The normalized spacial score (nSPS) is 23.7. The van der Waals surface area contributed by atoms with Crippen LogP contribution in [-0.4, -0.2) is 37.0 Å². The molecule has 1 aromatic rings. The number of anilines is 1. The maximum absolute atomic E-state index is 14.0. The van der Waals surface area contributed by atoms with Gasteiger partial charge in [-0.15, -0.1) is 0 Å². The molecule has 0 aliphatic carbocycles. The lowest BCUT2D eigenvalue weighted by Crippen LogP contribution is -2.50. The van der Waals surface area contributed by atoms with Gasteiger partial charge in [-0.2, -0.15) is 0 Å². The van der Waals surface area contributed by atoms with Gasteiger partial charge in [0.15, 0.2) is 0 Å². The fourth-order valence-electron chi connectivity index (χ4n) is 2.25.